The van der Waals surface area contributed by atoms with Gasteiger partial charge in [0.05, 0.1) is 0 Å². The maximum atomic E-state index is 10.5. The molecule has 0 aromatic carbocycles. The van der Waals surface area contributed by atoms with E-state index in [1.807, 2.05) is 0 Å². The number of carbonyl (C=O) groups is 2. The van der Waals surface area contributed by atoms with Crippen LogP contribution in [0.2, 0.25) is 0 Å². The van der Waals surface area contributed by atoms with Gasteiger partial charge < -0.3 is 19.8 Å². The molecular formula is C4H3F3O6U. The molecule has 0 amide bonds. The van der Waals surface area contributed by atoms with E-state index < -0.39 is 45.9 Å². The van der Waals surface area contributed by atoms with Crippen molar-refractivity contribution >= 4 is 11.9 Å². The number of hydrogen-bond acceptors (Lipinski definition) is 6. The van der Waals surface area contributed by atoms with Crippen LogP contribution in [0.4, 0.5) is 13.2 Å². The Balaban J connectivity index is -0.000000147. The monoisotopic (exact) mass is 442 g/mol. The number of carbonyl (C=O) groups excluding carboxylic acids is 2. The molecule has 0 aliphatic heterocycles. The average Bonchev–Trinajstić information content (AvgIpc) is 1.84. The molecule has 0 heterocycles. The van der Waals surface area contributed by atoms with Crippen LogP contribution in [0, 0.1) is 27.8 Å². The molecule has 0 aromatic rings. The van der Waals surface area contributed by atoms with Gasteiger partial charge in [-0.1, -0.05) is 0 Å². The Labute approximate surface area is 90.3 Å². The first-order valence-corrected chi connectivity index (χ1v) is 5.94. The third-order valence-corrected chi connectivity index (χ3v) is 0.231. The van der Waals surface area contributed by atoms with E-state index in [0.717, 1.165) is 6.92 Å². The summed E-state index contributed by atoms with van der Waals surface area (Å²) in [6.07, 6.45) is -5.19. The third-order valence-electron chi connectivity index (χ3n) is 0.231. The van der Waals surface area contributed by atoms with Crippen LogP contribution in [-0.2, 0) is 14.1 Å². The molecule has 0 spiro atoms. The SMILES string of the molecule is CC(=O)[O-].O=C([O-])C(F)(F)F.[O]=[U+2]=[O]. The summed E-state index contributed by atoms with van der Waals surface area (Å²) in [5.41, 5.74) is 0. The van der Waals surface area contributed by atoms with Gasteiger partial charge in [0, 0.05) is 5.97 Å². The van der Waals surface area contributed by atoms with E-state index in [1.165, 1.54) is 0 Å². The molecule has 0 atom stereocenters. The maximum absolute atomic E-state index is 10.5. The van der Waals surface area contributed by atoms with Gasteiger partial charge in [-0.05, 0) is 6.92 Å². The van der Waals surface area contributed by atoms with Gasteiger partial charge in [-0.3, -0.25) is 0 Å². The van der Waals surface area contributed by atoms with Crippen molar-refractivity contribution in [1.29, 1.82) is 0 Å². The van der Waals surface area contributed by atoms with Crippen LogP contribution in [-0.4, -0.2) is 18.1 Å². The minimum atomic E-state index is -5.19. The number of alkyl halides is 3. The Hall–Kier alpha value is -0.618. The van der Waals surface area contributed by atoms with Crippen LogP contribution in [0.3, 0.4) is 0 Å². The molecule has 80 valence electrons. The standard InChI is InChI=1S/C2HF3O2.C2H4O2.2O.U/c3-2(4,5)1(6)7;1-2(3)4;;;/h(H,6,7);1H3,(H,3,4);;;/q;;;;+2/p-2. The third kappa shape index (κ3) is 42.4. The number of hydrogen-bond donors (Lipinski definition) is 0. The van der Waals surface area contributed by atoms with Gasteiger partial charge in [0.25, 0.3) is 0 Å². The van der Waals surface area contributed by atoms with E-state index in [0.29, 0.717) is 0 Å². The zero-order chi connectivity index (χ0) is 12.4. The predicted molar refractivity (Wildman–Crippen MR) is 23.1 cm³/mol. The van der Waals surface area contributed by atoms with Crippen LogP contribution >= 0.6 is 0 Å². The second kappa shape index (κ2) is 10.5. The van der Waals surface area contributed by atoms with Gasteiger partial charge in [-0.2, -0.15) is 13.2 Å². The summed E-state index contributed by atoms with van der Waals surface area (Å²) in [6, 6.07) is 0. The number of halogens is 3. The summed E-state index contributed by atoms with van der Waals surface area (Å²) >= 11 is -2.51. The zero-order valence-corrected chi connectivity index (χ0v) is 10.7. The Kier molecular flexibility index (Phi) is 14.2. The van der Waals surface area contributed by atoms with Crippen molar-refractivity contribution in [1.82, 2.24) is 0 Å². The van der Waals surface area contributed by atoms with Crippen LogP contribution in [0.5, 0.6) is 0 Å². The van der Waals surface area contributed by atoms with Gasteiger partial charge in [0.1, 0.15) is 5.97 Å². The second-order valence-corrected chi connectivity index (χ2v) is 2.05. The Bertz CT molecular complexity index is 214. The number of carboxylic acid groups (broad SMARTS) is 2. The molecule has 0 unspecified atom stereocenters. The Morgan fingerprint density at radius 2 is 1.21 bits per heavy atom. The molecule has 0 aromatic heterocycles. The van der Waals surface area contributed by atoms with Gasteiger partial charge >= 0.3 is 38.5 Å². The molecule has 0 aliphatic rings. The van der Waals surface area contributed by atoms with Crippen LogP contribution in [0.25, 0.3) is 0 Å². The molecule has 6 nitrogen and oxygen atoms in total. The molecule has 0 bridgehead atoms. The van der Waals surface area contributed by atoms with E-state index in [-0.39, 0.29) is 0 Å². The van der Waals surface area contributed by atoms with Crippen molar-refractivity contribution in [2.45, 2.75) is 13.1 Å². The molecule has 0 rings (SSSR count). The first-order chi connectivity index (χ1) is 6.09. The fraction of sp³-hybridized carbons (Fsp3) is 0.500. The van der Waals surface area contributed by atoms with Gasteiger partial charge in [0.15, 0.2) is 0 Å². The topological polar surface area (TPSA) is 114 Å². The van der Waals surface area contributed by atoms with E-state index in [4.69, 9.17) is 24.3 Å². The normalized spacial score (nSPS) is 8.00. The molecule has 0 saturated heterocycles. The second-order valence-electron chi connectivity index (χ2n) is 1.36. The van der Waals surface area contributed by atoms with Crippen molar-refractivity contribution in [3.63, 3.8) is 0 Å². The molecule has 14 heavy (non-hydrogen) atoms. The molecule has 10 heteroatoms. The van der Waals surface area contributed by atoms with Crippen molar-refractivity contribution in [3.05, 3.63) is 0 Å². The first-order valence-electron chi connectivity index (χ1n) is 2.54. The van der Waals surface area contributed by atoms with Crippen LogP contribution in [0.1, 0.15) is 6.92 Å². The summed E-state index contributed by atoms with van der Waals surface area (Å²) in [6.45, 7) is 0.972. The molecule has 0 aliphatic carbocycles. The number of carboxylic acids is 2. The summed E-state index contributed by atoms with van der Waals surface area (Å²) < 4.78 is 48.7. The van der Waals surface area contributed by atoms with Crippen LogP contribution < -0.4 is 10.2 Å². The fourth-order valence-corrected chi connectivity index (χ4v) is 0. The predicted octanol–water partition coefficient (Wildman–Crippen LogP) is -2.18. The number of rotatable bonds is 0. The summed E-state index contributed by atoms with van der Waals surface area (Å²) in [7, 11) is 0. The van der Waals surface area contributed by atoms with E-state index in [9.17, 15) is 13.2 Å². The van der Waals surface area contributed by atoms with Crippen molar-refractivity contribution in [2.75, 3.05) is 0 Å². The van der Waals surface area contributed by atoms with Gasteiger partial charge in [-0.25, -0.2) is 0 Å². The molecule has 0 radical (unpaired) electrons. The molecule has 0 fully saturated rings. The summed E-state index contributed by atoms with van der Waals surface area (Å²) in [4.78, 5) is 17.7. The van der Waals surface area contributed by atoms with Crippen molar-refractivity contribution in [3.8, 4) is 0 Å². The molecule has 0 N–H and O–H groups in total. The Morgan fingerprint density at radius 1 is 1.14 bits per heavy atom. The molecule has 0 saturated carbocycles. The van der Waals surface area contributed by atoms with Gasteiger partial charge in [0.2, 0.25) is 0 Å². The summed E-state index contributed by atoms with van der Waals surface area (Å²) in [5.74, 6) is -4.09. The van der Waals surface area contributed by atoms with E-state index >= 15 is 0 Å². The van der Waals surface area contributed by atoms with E-state index in [2.05, 4.69) is 0 Å². The van der Waals surface area contributed by atoms with Crippen molar-refractivity contribution < 1.29 is 65.3 Å². The number of aliphatic carboxylic acids is 2. The van der Waals surface area contributed by atoms with Gasteiger partial charge in [-0.15, -0.1) is 0 Å². The average molecular weight is 442 g/mol. The first kappa shape index (κ1) is 19.0. The Morgan fingerprint density at radius 3 is 1.21 bits per heavy atom. The zero-order valence-electron chi connectivity index (χ0n) is 6.58. The minimum absolute atomic E-state index is 0.972. The fourth-order valence-electron chi connectivity index (χ4n) is 0. The quantitative estimate of drug-likeness (QED) is 0.422. The molecular weight excluding hydrogens is 439 g/mol. The van der Waals surface area contributed by atoms with Crippen LogP contribution in [0.15, 0.2) is 0 Å². The summed E-state index contributed by atoms with van der Waals surface area (Å²) in [5, 5.41) is 17.7. The van der Waals surface area contributed by atoms with E-state index in [1.54, 1.807) is 0 Å². The van der Waals surface area contributed by atoms with Crippen molar-refractivity contribution in [2.24, 2.45) is 0 Å².